The van der Waals surface area contributed by atoms with E-state index in [0.29, 0.717) is 36.9 Å². The number of nitrogens with one attached hydrogen (secondary N) is 2. The largest absolute Gasteiger partial charge is 1.00 e. The van der Waals surface area contributed by atoms with Gasteiger partial charge in [-0.1, -0.05) is 0 Å². The number of aliphatic hydroxyl groups excluding tert-OH is 2. The molecule has 1 aromatic carbocycles. The number of amides is 2. The van der Waals surface area contributed by atoms with E-state index in [1.807, 2.05) is 0 Å². The first-order valence-corrected chi connectivity index (χ1v) is 15.0. The molecule has 0 spiro atoms. The Bertz CT molecular complexity index is 1540. The summed E-state index contributed by atoms with van der Waals surface area (Å²) in [5, 5.41) is 26.3. The summed E-state index contributed by atoms with van der Waals surface area (Å²) in [6.07, 6.45) is -9.64. The van der Waals surface area contributed by atoms with Crippen molar-refractivity contribution in [1.82, 2.24) is 10.6 Å². The molecule has 2 aromatic rings. The molecule has 3 rings (SSSR count). The summed E-state index contributed by atoms with van der Waals surface area (Å²) < 4.78 is 63.8. The number of rotatable bonds is 12. The van der Waals surface area contributed by atoms with Crippen LogP contribution in [0.4, 0.5) is 4.79 Å². The third-order valence-electron chi connectivity index (χ3n) is 6.21. The molecule has 0 aliphatic carbocycles. The Kier molecular flexibility index (Phi) is 14.4. The molecule has 1 aliphatic rings. The minimum atomic E-state index is -5.44. The second-order valence-corrected chi connectivity index (χ2v) is 11.9. The summed E-state index contributed by atoms with van der Waals surface area (Å²) in [4.78, 5) is 48.5. The number of benzene rings is 1. The van der Waals surface area contributed by atoms with E-state index in [1.165, 1.54) is 18.2 Å². The van der Waals surface area contributed by atoms with E-state index in [2.05, 4.69) is 19.6 Å². The van der Waals surface area contributed by atoms with Gasteiger partial charge >= 0.3 is 47.2 Å². The SMILES string of the molecule is COC(=O)[C@@H]1O[C@@H](Oc2ccc3c(CC(=O)NCCCCNC(=O)OC(C)(C)C)cc(=O)oc3c2)[C@H](OS(=O)(=O)[O-])[C@@H](O)[C@@H]1O.[Na+]. The molecule has 2 heterocycles. The Labute approximate surface area is 286 Å². The van der Waals surface area contributed by atoms with E-state index in [0.717, 1.165) is 13.2 Å². The van der Waals surface area contributed by atoms with Gasteiger partial charge in [0, 0.05) is 30.6 Å². The summed E-state index contributed by atoms with van der Waals surface area (Å²) in [5.74, 6) is -1.68. The zero-order valence-corrected chi connectivity index (χ0v) is 28.7. The van der Waals surface area contributed by atoms with E-state index < -0.39 is 70.3 Å². The normalized spacial score (nSPS) is 21.5. The quantitative estimate of drug-likeness (QED) is 0.0425. The fourth-order valence-corrected chi connectivity index (χ4v) is 4.74. The number of unbranched alkanes of at least 4 members (excludes halogenated alkanes) is 1. The Morgan fingerprint density at radius 2 is 1.70 bits per heavy atom. The van der Waals surface area contributed by atoms with Gasteiger partial charge in [0.2, 0.25) is 22.6 Å². The molecule has 5 atom stereocenters. The van der Waals surface area contributed by atoms with Crippen LogP contribution >= 0.6 is 0 Å². The Hall–Kier alpha value is -2.81. The minimum absolute atomic E-state index is 0. The molecule has 4 N–H and O–H groups in total. The third-order valence-corrected chi connectivity index (χ3v) is 6.66. The average molecular weight is 683 g/mol. The van der Waals surface area contributed by atoms with Crippen LogP contribution in [0.2, 0.25) is 0 Å². The van der Waals surface area contributed by atoms with Gasteiger partial charge in [0.05, 0.1) is 13.5 Å². The van der Waals surface area contributed by atoms with Crippen LogP contribution in [-0.4, -0.2) is 97.7 Å². The summed E-state index contributed by atoms with van der Waals surface area (Å²) in [5.41, 5.74) is -1.15. The van der Waals surface area contributed by atoms with Crippen molar-refractivity contribution >= 4 is 39.3 Å². The Balaban J connectivity index is 0.00000736. The van der Waals surface area contributed by atoms with Crippen molar-refractivity contribution in [1.29, 1.82) is 0 Å². The summed E-state index contributed by atoms with van der Waals surface area (Å²) in [6, 6.07) is 5.06. The van der Waals surface area contributed by atoms with Crippen LogP contribution in [0.3, 0.4) is 0 Å². The van der Waals surface area contributed by atoms with Crippen molar-refractivity contribution in [2.24, 2.45) is 0 Å². The molecule has 1 saturated heterocycles. The van der Waals surface area contributed by atoms with E-state index in [9.17, 15) is 42.4 Å². The maximum absolute atomic E-state index is 12.6. The maximum atomic E-state index is 12.6. The van der Waals surface area contributed by atoms with Gasteiger partial charge in [0.1, 0.15) is 29.1 Å². The zero-order valence-electron chi connectivity index (χ0n) is 25.8. The van der Waals surface area contributed by atoms with Gasteiger partial charge in [-0.25, -0.2) is 22.8 Å². The molecule has 19 heteroatoms. The molecule has 0 radical (unpaired) electrons. The molecule has 1 fully saturated rings. The van der Waals surface area contributed by atoms with Gasteiger partial charge in [-0.3, -0.25) is 8.98 Å². The van der Waals surface area contributed by atoms with Gasteiger partial charge in [0.25, 0.3) is 0 Å². The topological polar surface area (TPSA) is 249 Å². The monoisotopic (exact) mass is 682 g/mol. The molecule has 2 amide bonds. The number of methoxy groups -OCH3 is 1. The standard InChI is InChI=1S/C27H36N2O15S.Na/c1-27(2,3)43-26(35)29-10-6-5-9-28-18(30)11-14-12-19(31)41-17-13-15(7-8-16(14)17)40-25-23(44-45(36,37)38)21(33)20(32)22(42-25)24(34)39-4;/h7-8,12-13,20-23,25,32-33H,5-6,9-11H2,1-4H3,(H,28,30)(H,29,35)(H,36,37,38);/q;+1/p-1/t20-,21-,22+,23+,25+;/m0./s1. The fraction of sp³-hybridized carbons (Fsp3) is 0.556. The molecular weight excluding hydrogens is 647 g/mol. The van der Waals surface area contributed by atoms with Gasteiger partial charge in [-0.15, -0.1) is 0 Å². The predicted octanol–water partition coefficient (Wildman–Crippen LogP) is -3.40. The van der Waals surface area contributed by atoms with Gasteiger partial charge < -0.3 is 48.8 Å². The van der Waals surface area contributed by atoms with Crippen LogP contribution < -0.4 is 50.6 Å². The summed E-state index contributed by atoms with van der Waals surface area (Å²) >= 11 is 0. The van der Waals surface area contributed by atoms with Crippen LogP contribution in [0.1, 0.15) is 39.2 Å². The summed E-state index contributed by atoms with van der Waals surface area (Å²) in [6.45, 7) is 5.92. The average Bonchev–Trinajstić information content (AvgIpc) is 2.92. The number of esters is 1. The second kappa shape index (κ2) is 16.8. The second-order valence-electron chi connectivity index (χ2n) is 10.9. The van der Waals surface area contributed by atoms with E-state index in [4.69, 9.17) is 18.6 Å². The number of fused-ring (bicyclic) bond motifs is 1. The number of aliphatic hydroxyl groups is 2. The number of hydrogen-bond acceptors (Lipinski definition) is 15. The molecule has 1 aliphatic heterocycles. The number of ether oxygens (including phenoxy) is 4. The molecule has 46 heavy (non-hydrogen) atoms. The number of hydrogen-bond donors (Lipinski definition) is 4. The first kappa shape index (κ1) is 39.4. The van der Waals surface area contributed by atoms with E-state index >= 15 is 0 Å². The molecule has 17 nitrogen and oxygen atoms in total. The molecule has 0 saturated carbocycles. The van der Waals surface area contributed by atoms with Crippen molar-refractivity contribution in [3.63, 3.8) is 0 Å². The van der Waals surface area contributed by atoms with E-state index in [1.54, 1.807) is 20.8 Å². The first-order valence-electron chi connectivity index (χ1n) is 13.7. The smallest absolute Gasteiger partial charge is 0.726 e. The summed E-state index contributed by atoms with van der Waals surface area (Å²) in [7, 11) is -4.47. The van der Waals surface area contributed by atoms with Crippen molar-refractivity contribution in [3.8, 4) is 5.75 Å². The zero-order chi connectivity index (χ0) is 33.5. The molecule has 0 unspecified atom stereocenters. The van der Waals surface area contributed by atoms with Gasteiger partial charge in [-0.2, -0.15) is 0 Å². The van der Waals surface area contributed by atoms with Crippen LogP contribution in [-0.2, 0) is 44.8 Å². The van der Waals surface area contributed by atoms with Crippen LogP contribution in [0.5, 0.6) is 5.75 Å². The van der Waals surface area contributed by atoms with E-state index in [-0.39, 0.29) is 47.3 Å². The number of carbonyl (C=O) groups excluding carboxylic acids is 3. The molecular formula is C27H35N2NaO15S. The third kappa shape index (κ3) is 11.8. The molecule has 0 bridgehead atoms. The van der Waals surface area contributed by atoms with Crippen LogP contribution in [0.15, 0.2) is 33.5 Å². The number of alkyl carbamates (subject to hydrolysis) is 1. The number of carbonyl (C=O) groups is 3. The van der Waals surface area contributed by atoms with Crippen molar-refractivity contribution in [2.45, 2.75) is 76.3 Å². The maximum Gasteiger partial charge on any atom is 1.00 e. The molecule has 1 aromatic heterocycles. The first-order chi connectivity index (χ1) is 21.0. The minimum Gasteiger partial charge on any atom is -0.726 e. The van der Waals surface area contributed by atoms with Gasteiger partial charge in [0.15, 0.2) is 12.2 Å². The Morgan fingerprint density at radius 1 is 1.04 bits per heavy atom. The molecule has 250 valence electrons. The van der Waals surface area contributed by atoms with Crippen LogP contribution in [0.25, 0.3) is 11.0 Å². The van der Waals surface area contributed by atoms with Crippen molar-refractivity contribution in [3.05, 3.63) is 40.2 Å². The predicted molar refractivity (Wildman–Crippen MR) is 151 cm³/mol. The van der Waals surface area contributed by atoms with Crippen molar-refractivity contribution < 1.29 is 94.7 Å². The fourth-order valence-electron chi connectivity index (χ4n) is 4.26. The van der Waals surface area contributed by atoms with Crippen LogP contribution in [0, 0.1) is 0 Å². The Morgan fingerprint density at radius 3 is 2.30 bits per heavy atom. The van der Waals surface area contributed by atoms with Crippen molar-refractivity contribution in [2.75, 3.05) is 20.2 Å². The van der Waals surface area contributed by atoms with Gasteiger partial charge in [-0.05, 0) is 51.3 Å².